The van der Waals surface area contributed by atoms with E-state index < -0.39 is 0 Å². The van der Waals surface area contributed by atoms with Gasteiger partial charge < -0.3 is 9.64 Å². The summed E-state index contributed by atoms with van der Waals surface area (Å²) in [6.45, 7) is 1.24. The Kier molecular flexibility index (Phi) is 5.23. The molecule has 2 heterocycles. The molecule has 31 heavy (non-hydrogen) atoms. The van der Waals surface area contributed by atoms with E-state index in [4.69, 9.17) is 4.74 Å². The number of fused-ring (bicyclic) bond motifs is 1. The maximum Gasteiger partial charge on any atom is 0.260 e. The van der Waals surface area contributed by atoms with Crippen LogP contribution in [0.4, 0.5) is 0 Å². The van der Waals surface area contributed by atoms with E-state index in [-0.39, 0.29) is 12.5 Å². The van der Waals surface area contributed by atoms with Crippen molar-refractivity contribution < 1.29 is 9.53 Å². The molecule has 0 atom stereocenters. The summed E-state index contributed by atoms with van der Waals surface area (Å²) < 4.78 is 5.78. The highest BCUT2D eigenvalue weighted by Crippen LogP contribution is 2.28. The highest BCUT2D eigenvalue weighted by Gasteiger charge is 2.25. The maximum absolute atomic E-state index is 12.8. The van der Waals surface area contributed by atoms with Gasteiger partial charge in [0.1, 0.15) is 5.75 Å². The number of aromatic nitrogens is 2. The van der Waals surface area contributed by atoms with Crippen molar-refractivity contribution in [2.24, 2.45) is 0 Å². The molecule has 1 aliphatic heterocycles. The van der Waals surface area contributed by atoms with Crippen molar-refractivity contribution in [2.75, 3.05) is 13.2 Å². The van der Waals surface area contributed by atoms with Gasteiger partial charge in [-0.05, 0) is 23.3 Å². The van der Waals surface area contributed by atoms with Crippen LogP contribution < -0.4 is 4.74 Å². The predicted molar refractivity (Wildman–Crippen MR) is 121 cm³/mol. The van der Waals surface area contributed by atoms with Gasteiger partial charge in [0.05, 0.1) is 5.69 Å². The fraction of sp³-hybridized carbons (Fsp3) is 0.154. The number of nitrogens with zero attached hydrogens (tertiary/aromatic N) is 2. The van der Waals surface area contributed by atoms with Gasteiger partial charge in [-0.2, -0.15) is 5.10 Å². The van der Waals surface area contributed by atoms with Gasteiger partial charge in [0.15, 0.2) is 6.61 Å². The summed E-state index contributed by atoms with van der Waals surface area (Å²) in [5.74, 6) is 0.678. The molecule has 0 fully saturated rings. The SMILES string of the molecule is O=C(COc1ccc(-c2ccccc2)cc1)N1CCc2[nH]nc(-c3ccccc3)c2C1. The third kappa shape index (κ3) is 4.08. The summed E-state index contributed by atoms with van der Waals surface area (Å²) in [4.78, 5) is 14.7. The molecule has 0 bridgehead atoms. The molecule has 1 aliphatic rings. The van der Waals surface area contributed by atoms with Crippen LogP contribution in [0.3, 0.4) is 0 Å². The minimum Gasteiger partial charge on any atom is -0.484 e. The van der Waals surface area contributed by atoms with Gasteiger partial charge in [-0.1, -0.05) is 72.8 Å². The Bertz CT molecular complexity index is 1170. The number of carbonyl (C=O) groups excluding carboxylic acids is 1. The zero-order valence-electron chi connectivity index (χ0n) is 17.1. The lowest BCUT2D eigenvalue weighted by molar-refractivity contribution is -0.134. The first-order chi connectivity index (χ1) is 15.3. The summed E-state index contributed by atoms with van der Waals surface area (Å²) >= 11 is 0. The molecule has 0 unspecified atom stereocenters. The number of ether oxygens (including phenoxy) is 1. The summed E-state index contributed by atoms with van der Waals surface area (Å²) in [7, 11) is 0. The Balaban J connectivity index is 1.23. The van der Waals surface area contributed by atoms with Crippen LogP contribution in [0.25, 0.3) is 22.4 Å². The third-order valence-electron chi connectivity index (χ3n) is 5.66. The van der Waals surface area contributed by atoms with E-state index in [9.17, 15) is 4.79 Å². The van der Waals surface area contributed by atoms with E-state index in [2.05, 4.69) is 22.3 Å². The Labute approximate surface area is 181 Å². The fourth-order valence-corrected chi connectivity index (χ4v) is 3.95. The molecule has 0 saturated heterocycles. The van der Waals surface area contributed by atoms with Gasteiger partial charge in [-0.15, -0.1) is 0 Å². The predicted octanol–water partition coefficient (Wildman–Crippen LogP) is 4.71. The van der Waals surface area contributed by atoms with Gasteiger partial charge in [0.2, 0.25) is 0 Å². The van der Waals surface area contributed by atoms with Gasteiger partial charge >= 0.3 is 0 Å². The molecule has 1 N–H and O–H groups in total. The molecule has 5 heteroatoms. The molecule has 5 rings (SSSR count). The zero-order chi connectivity index (χ0) is 21.0. The first-order valence-corrected chi connectivity index (χ1v) is 10.5. The highest BCUT2D eigenvalue weighted by atomic mass is 16.5. The monoisotopic (exact) mass is 409 g/mol. The van der Waals surface area contributed by atoms with Crippen molar-refractivity contribution in [1.82, 2.24) is 15.1 Å². The van der Waals surface area contributed by atoms with Crippen molar-refractivity contribution in [3.8, 4) is 28.1 Å². The smallest absolute Gasteiger partial charge is 0.260 e. The van der Waals surface area contributed by atoms with Crippen LogP contribution in [-0.4, -0.2) is 34.2 Å². The molecular weight excluding hydrogens is 386 g/mol. The minimum absolute atomic E-state index is 0.0157. The molecule has 5 nitrogen and oxygen atoms in total. The van der Waals surface area contributed by atoms with E-state index >= 15 is 0 Å². The summed E-state index contributed by atoms with van der Waals surface area (Å²) in [5, 5.41) is 7.64. The summed E-state index contributed by atoms with van der Waals surface area (Å²) in [6.07, 6.45) is 0.771. The van der Waals surface area contributed by atoms with Crippen molar-refractivity contribution in [3.05, 3.63) is 96.2 Å². The maximum atomic E-state index is 12.8. The van der Waals surface area contributed by atoms with Crippen LogP contribution in [0.5, 0.6) is 5.75 Å². The molecule has 0 saturated carbocycles. The zero-order valence-corrected chi connectivity index (χ0v) is 17.1. The molecule has 4 aromatic rings. The molecule has 1 amide bonds. The minimum atomic E-state index is -0.0157. The van der Waals surface area contributed by atoms with Crippen LogP contribution in [-0.2, 0) is 17.8 Å². The van der Waals surface area contributed by atoms with Crippen LogP contribution >= 0.6 is 0 Å². The largest absolute Gasteiger partial charge is 0.484 e. The molecule has 3 aromatic carbocycles. The van der Waals surface area contributed by atoms with E-state index in [1.54, 1.807) is 0 Å². The lowest BCUT2D eigenvalue weighted by atomic mass is 10.0. The number of nitrogens with one attached hydrogen (secondary N) is 1. The fourth-order valence-electron chi connectivity index (χ4n) is 3.95. The average molecular weight is 409 g/mol. The van der Waals surface area contributed by atoms with Crippen molar-refractivity contribution in [2.45, 2.75) is 13.0 Å². The highest BCUT2D eigenvalue weighted by molar-refractivity contribution is 5.78. The van der Waals surface area contributed by atoms with E-state index in [0.717, 1.165) is 40.1 Å². The van der Waals surface area contributed by atoms with Crippen LogP contribution in [0.1, 0.15) is 11.3 Å². The summed E-state index contributed by atoms with van der Waals surface area (Å²) in [6, 6.07) is 28.1. The first kappa shape index (κ1) is 19.1. The lowest BCUT2D eigenvalue weighted by Crippen LogP contribution is -2.38. The molecule has 154 valence electrons. The summed E-state index contributed by atoms with van der Waals surface area (Å²) in [5.41, 5.74) is 6.47. The molecule has 0 aliphatic carbocycles. The van der Waals surface area contributed by atoms with Crippen LogP contribution in [0, 0.1) is 0 Å². The Morgan fingerprint density at radius 2 is 1.52 bits per heavy atom. The lowest BCUT2D eigenvalue weighted by Gasteiger charge is -2.27. The number of benzene rings is 3. The third-order valence-corrected chi connectivity index (χ3v) is 5.66. The first-order valence-electron chi connectivity index (χ1n) is 10.5. The second-order valence-electron chi connectivity index (χ2n) is 7.64. The van der Waals surface area contributed by atoms with Gasteiger partial charge in [0.25, 0.3) is 5.91 Å². The van der Waals surface area contributed by atoms with E-state index in [1.807, 2.05) is 77.7 Å². The van der Waals surface area contributed by atoms with Gasteiger partial charge in [-0.3, -0.25) is 9.89 Å². The van der Waals surface area contributed by atoms with Gasteiger partial charge in [-0.25, -0.2) is 0 Å². The van der Waals surface area contributed by atoms with Crippen LogP contribution in [0.15, 0.2) is 84.9 Å². The molecule has 0 spiro atoms. The topological polar surface area (TPSA) is 58.2 Å². The average Bonchev–Trinajstić information content (AvgIpc) is 3.27. The van der Waals surface area contributed by atoms with Crippen molar-refractivity contribution in [3.63, 3.8) is 0 Å². The standard InChI is InChI=1S/C26H23N3O2/c30-25(18-31-22-13-11-20(12-14-22)19-7-3-1-4-8-19)29-16-15-24-23(17-29)26(28-27-24)21-9-5-2-6-10-21/h1-14H,15-18H2,(H,27,28). The molecule has 0 radical (unpaired) electrons. The normalized spacial score (nSPS) is 13.0. The Morgan fingerprint density at radius 3 is 2.23 bits per heavy atom. The molecular formula is C26H23N3O2. The van der Waals surface area contributed by atoms with E-state index in [1.165, 1.54) is 0 Å². The molecule has 1 aromatic heterocycles. The Hall–Kier alpha value is -3.86. The van der Waals surface area contributed by atoms with Crippen molar-refractivity contribution in [1.29, 1.82) is 0 Å². The Morgan fingerprint density at radius 1 is 0.871 bits per heavy atom. The quantitative estimate of drug-likeness (QED) is 0.519. The number of hydrogen-bond donors (Lipinski definition) is 1. The number of carbonyl (C=O) groups is 1. The number of hydrogen-bond acceptors (Lipinski definition) is 3. The van der Waals surface area contributed by atoms with E-state index in [0.29, 0.717) is 18.8 Å². The second kappa shape index (κ2) is 8.48. The number of amides is 1. The second-order valence-corrected chi connectivity index (χ2v) is 7.64. The van der Waals surface area contributed by atoms with Crippen molar-refractivity contribution >= 4 is 5.91 Å². The number of rotatable bonds is 5. The number of aromatic amines is 1. The number of H-pyrrole nitrogens is 1. The van der Waals surface area contributed by atoms with Gasteiger partial charge in [0, 0.05) is 36.3 Å². The van der Waals surface area contributed by atoms with Crippen LogP contribution in [0.2, 0.25) is 0 Å².